The van der Waals surface area contributed by atoms with E-state index in [1.165, 1.54) is 0 Å². The number of guanidine groups is 1. The summed E-state index contributed by atoms with van der Waals surface area (Å²) in [5.41, 5.74) is 0. The SMILES string of the molecule is CCNC(=NCC(CC)Oc1ccccc1Cl)NCCOC. The van der Waals surface area contributed by atoms with Gasteiger partial charge in [0.1, 0.15) is 11.9 Å². The lowest BCUT2D eigenvalue weighted by Gasteiger charge is -2.18. The third kappa shape index (κ3) is 7.00. The normalized spacial score (nSPS) is 12.8. The minimum atomic E-state index is -0.0159. The molecule has 0 saturated heterocycles. The topological polar surface area (TPSA) is 54.9 Å². The zero-order valence-electron chi connectivity index (χ0n) is 13.6. The van der Waals surface area contributed by atoms with Crippen LogP contribution in [-0.2, 0) is 4.74 Å². The monoisotopic (exact) mass is 327 g/mol. The van der Waals surface area contributed by atoms with Crippen molar-refractivity contribution >= 4 is 17.6 Å². The lowest BCUT2D eigenvalue weighted by molar-refractivity contribution is 0.202. The van der Waals surface area contributed by atoms with Gasteiger partial charge >= 0.3 is 0 Å². The highest BCUT2D eigenvalue weighted by molar-refractivity contribution is 6.32. The summed E-state index contributed by atoms with van der Waals surface area (Å²) in [7, 11) is 1.68. The van der Waals surface area contributed by atoms with Crippen molar-refractivity contribution in [2.45, 2.75) is 26.4 Å². The Hall–Kier alpha value is -1.46. The van der Waals surface area contributed by atoms with Gasteiger partial charge in [-0.1, -0.05) is 30.7 Å². The van der Waals surface area contributed by atoms with Crippen molar-refractivity contribution in [3.63, 3.8) is 0 Å². The second-order valence-electron chi connectivity index (χ2n) is 4.72. The van der Waals surface area contributed by atoms with Gasteiger partial charge in [-0.2, -0.15) is 0 Å². The van der Waals surface area contributed by atoms with Crippen molar-refractivity contribution in [2.24, 2.45) is 4.99 Å². The molecule has 0 bridgehead atoms. The van der Waals surface area contributed by atoms with E-state index in [2.05, 4.69) is 22.5 Å². The Labute approximate surface area is 138 Å². The number of hydrogen-bond donors (Lipinski definition) is 2. The zero-order valence-corrected chi connectivity index (χ0v) is 14.3. The fourth-order valence-electron chi connectivity index (χ4n) is 1.78. The van der Waals surface area contributed by atoms with E-state index in [1.54, 1.807) is 7.11 Å². The van der Waals surface area contributed by atoms with Gasteiger partial charge in [-0.05, 0) is 25.5 Å². The smallest absolute Gasteiger partial charge is 0.191 e. The molecule has 0 aliphatic rings. The number of nitrogens with zero attached hydrogens (tertiary/aromatic N) is 1. The minimum absolute atomic E-state index is 0.0159. The highest BCUT2D eigenvalue weighted by atomic mass is 35.5. The molecule has 0 fully saturated rings. The molecule has 1 aromatic carbocycles. The molecule has 0 spiro atoms. The van der Waals surface area contributed by atoms with Crippen molar-refractivity contribution in [2.75, 3.05) is 33.4 Å². The van der Waals surface area contributed by atoms with E-state index in [0.717, 1.165) is 18.9 Å². The summed E-state index contributed by atoms with van der Waals surface area (Å²) in [6.07, 6.45) is 0.837. The summed E-state index contributed by atoms with van der Waals surface area (Å²) in [4.78, 5) is 4.55. The van der Waals surface area contributed by atoms with E-state index in [0.29, 0.717) is 30.5 Å². The van der Waals surface area contributed by atoms with Crippen LogP contribution < -0.4 is 15.4 Å². The van der Waals surface area contributed by atoms with E-state index in [4.69, 9.17) is 21.1 Å². The van der Waals surface area contributed by atoms with Crippen LogP contribution >= 0.6 is 11.6 Å². The molecule has 0 aromatic heterocycles. The summed E-state index contributed by atoms with van der Waals surface area (Å²) < 4.78 is 11.0. The van der Waals surface area contributed by atoms with Gasteiger partial charge in [-0.15, -0.1) is 0 Å². The summed E-state index contributed by atoms with van der Waals surface area (Å²) in [6, 6.07) is 7.49. The van der Waals surface area contributed by atoms with Crippen LogP contribution in [0.1, 0.15) is 20.3 Å². The van der Waals surface area contributed by atoms with Gasteiger partial charge in [-0.3, -0.25) is 0 Å². The van der Waals surface area contributed by atoms with Crippen LogP contribution in [0.2, 0.25) is 5.02 Å². The first-order valence-corrected chi connectivity index (χ1v) is 8.01. The molecule has 124 valence electrons. The van der Waals surface area contributed by atoms with Crippen LogP contribution in [0.25, 0.3) is 0 Å². The van der Waals surface area contributed by atoms with Crippen LogP contribution in [0.3, 0.4) is 0 Å². The Bertz CT molecular complexity index is 455. The molecule has 0 radical (unpaired) electrons. The Morgan fingerprint density at radius 3 is 2.68 bits per heavy atom. The van der Waals surface area contributed by atoms with Crippen molar-refractivity contribution in [1.29, 1.82) is 0 Å². The van der Waals surface area contributed by atoms with Crippen LogP contribution in [0.15, 0.2) is 29.3 Å². The van der Waals surface area contributed by atoms with Crippen LogP contribution in [0, 0.1) is 0 Å². The maximum Gasteiger partial charge on any atom is 0.191 e. The van der Waals surface area contributed by atoms with Crippen molar-refractivity contribution in [3.8, 4) is 5.75 Å². The van der Waals surface area contributed by atoms with Gasteiger partial charge in [-0.25, -0.2) is 4.99 Å². The molecule has 1 atom stereocenters. The summed E-state index contributed by atoms with van der Waals surface area (Å²) in [6.45, 7) is 6.82. The van der Waals surface area contributed by atoms with Gasteiger partial charge in [0.2, 0.25) is 0 Å². The summed E-state index contributed by atoms with van der Waals surface area (Å²) in [5, 5.41) is 7.03. The number of ether oxygens (including phenoxy) is 2. The fraction of sp³-hybridized carbons (Fsp3) is 0.562. The van der Waals surface area contributed by atoms with Crippen molar-refractivity contribution in [3.05, 3.63) is 29.3 Å². The average Bonchev–Trinajstić information content (AvgIpc) is 2.53. The lowest BCUT2D eigenvalue weighted by Crippen LogP contribution is -2.39. The minimum Gasteiger partial charge on any atom is -0.487 e. The molecular weight excluding hydrogens is 302 g/mol. The molecule has 6 heteroatoms. The number of benzene rings is 1. The number of methoxy groups -OCH3 is 1. The molecule has 1 unspecified atom stereocenters. The molecule has 0 aliphatic heterocycles. The predicted octanol–water partition coefficient (Wildman–Crippen LogP) is 2.70. The third-order valence-electron chi connectivity index (χ3n) is 2.98. The fourth-order valence-corrected chi connectivity index (χ4v) is 1.96. The molecule has 2 N–H and O–H groups in total. The van der Waals surface area contributed by atoms with E-state index in [-0.39, 0.29) is 6.10 Å². The Kier molecular flexibility index (Phi) is 9.42. The first-order valence-electron chi connectivity index (χ1n) is 7.63. The molecular formula is C16H26ClN3O2. The van der Waals surface area contributed by atoms with Gasteiger partial charge < -0.3 is 20.1 Å². The molecule has 0 aliphatic carbocycles. The number of halogens is 1. The lowest BCUT2D eigenvalue weighted by atomic mass is 10.2. The highest BCUT2D eigenvalue weighted by Crippen LogP contribution is 2.24. The number of hydrogen-bond acceptors (Lipinski definition) is 3. The molecule has 0 heterocycles. The molecule has 22 heavy (non-hydrogen) atoms. The molecule has 1 rings (SSSR count). The molecule has 1 aromatic rings. The molecule has 0 saturated carbocycles. The second kappa shape index (κ2) is 11.2. The maximum atomic E-state index is 6.12. The summed E-state index contributed by atoms with van der Waals surface area (Å²) in [5.74, 6) is 1.46. The largest absolute Gasteiger partial charge is 0.487 e. The van der Waals surface area contributed by atoms with Gasteiger partial charge in [0.15, 0.2) is 5.96 Å². The van der Waals surface area contributed by atoms with Crippen LogP contribution in [0.4, 0.5) is 0 Å². The van der Waals surface area contributed by atoms with Gasteiger partial charge in [0, 0.05) is 20.2 Å². The van der Waals surface area contributed by atoms with Crippen LogP contribution in [-0.4, -0.2) is 45.4 Å². The highest BCUT2D eigenvalue weighted by Gasteiger charge is 2.10. The average molecular weight is 328 g/mol. The van der Waals surface area contributed by atoms with E-state index < -0.39 is 0 Å². The van der Waals surface area contributed by atoms with Crippen LogP contribution in [0.5, 0.6) is 5.75 Å². The summed E-state index contributed by atoms with van der Waals surface area (Å²) >= 11 is 6.12. The first-order chi connectivity index (χ1) is 10.7. The van der Waals surface area contributed by atoms with Crippen molar-refractivity contribution < 1.29 is 9.47 Å². The standard InChI is InChI=1S/C16H26ClN3O2/c1-4-13(22-15-9-7-6-8-14(15)17)12-20-16(18-5-2)19-10-11-21-3/h6-9,13H,4-5,10-12H2,1-3H3,(H2,18,19,20). The van der Waals surface area contributed by atoms with E-state index in [9.17, 15) is 0 Å². The maximum absolute atomic E-state index is 6.12. The Balaban J connectivity index is 2.58. The predicted molar refractivity (Wildman–Crippen MR) is 92.0 cm³/mol. The molecule has 0 amide bonds. The van der Waals surface area contributed by atoms with E-state index >= 15 is 0 Å². The number of para-hydroxylation sites is 1. The van der Waals surface area contributed by atoms with Crippen molar-refractivity contribution in [1.82, 2.24) is 10.6 Å². The quantitative estimate of drug-likeness (QED) is 0.416. The van der Waals surface area contributed by atoms with Gasteiger partial charge in [0.25, 0.3) is 0 Å². The number of rotatable bonds is 9. The Morgan fingerprint density at radius 2 is 2.05 bits per heavy atom. The van der Waals surface area contributed by atoms with E-state index in [1.807, 2.05) is 31.2 Å². The van der Waals surface area contributed by atoms with Gasteiger partial charge in [0.05, 0.1) is 18.2 Å². The second-order valence-corrected chi connectivity index (χ2v) is 5.12. The third-order valence-corrected chi connectivity index (χ3v) is 3.29. The Morgan fingerprint density at radius 1 is 1.27 bits per heavy atom. The molecule has 5 nitrogen and oxygen atoms in total. The number of aliphatic imine (C=N–C) groups is 1. The zero-order chi connectivity index (χ0) is 16.2. The first kappa shape index (κ1) is 18.6. The number of nitrogens with one attached hydrogen (secondary N) is 2.